The summed E-state index contributed by atoms with van der Waals surface area (Å²) >= 11 is 0. The van der Waals surface area contributed by atoms with E-state index in [1.165, 1.54) is 315 Å². The van der Waals surface area contributed by atoms with Crippen molar-refractivity contribution in [3.05, 3.63) is 0 Å². The first-order valence-electron chi connectivity index (χ1n) is 35.0. The van der Waals surface area contributed by atoms with Crippen LogP contribution in [0, 0.1) is 0 Å². The number of carbonyl (C=O) groups is 3. The fourth-order valence-electron chi connectivity index (χ4n) is 11.1. The maximum absolute atomic E-state index is 12.9. The second kappa shape index (κ2) is 65.9. The van der Waals surface area contributed by atoms with E-state index in [4.69, 9.17) is 14.2 Å². The molecule has 0 aliphatic carbocycles. The predicted molar refractivity (Wildman–Crippen MR) is 330 cm³/mol. The van der Waals surface area contributed by atoms with Gasteiger partial charge in [0.1, 0.15) is 13.2 Å². The number of rotatable bonds is 66. The van der Waals surface area contributed by atoms with E-state index in [0.717, 1.165) is 57.8 Å². The molecule has 0 rings (SSSR count). The molecule has 0 spiro atoms. The van der Waals surface area contributed by atoms with Crippen molar-refractivity contribution in [2.75, 3.05) is 13.2 Å². The van der Waals surface area contributed by atoms with Crippen molar-refractivity contribution in [1.29, 1.82) is 0 Å². The lowest BCUT2D eigenvalue weighted by atomic mass is 10.0. The Bertz CT molecular complexity index is 1140. The molecule has 0 N–H and O–H groups in total. The van der Waals surface area contributed by atoms with Gasteiger partial charge in [0.05, 0.1) is 0 Å². The second-order valence-corrected chi connectivity index (χ2v) is 24.2. The summed E-state index contributed by atoms with van der Waals surface area (Å²) in [6.07, 6.45) is 77.0. The van der Waals surface area contributed by atoms with Gasteiger partial charge >= 0.3 is 17.9 Å². The van der Waals surface area contributed by atoms with Gasteiger partial charge in [-0.05, 0) is 19.3 Å². The maximum atomic E-state index is 12.9. The Morgan fingerprint density at radius 1 is 0.211 bits per heavy atom. The van der Waals surface area contributed by atoms with E-state index in [2.05, 4.69) is 20.8 Å². The monoisotopic (exact) mass is 1070 g/mol. The molecule has 6 nitrogen and oxygen atoms in total. The molecule has 452 valence electrons. The lowest BCUT2D eigenvalue weighted by Gasteiger charge is -2.18. The van der Waals surface area contributed by atoms with Gasteiger partial charge in [-0.1, -0.05) is 374 Å². The van der Waals surface area contributed by atoms with Crippen LogP contribution in [0.4, 0.5) is 0 Å². The highest BCUT2D eigenvalue weighted by molar-refractivity contribution is 5.71. The normalized spacial score (nSPS) is 11.9. The Balaban J connectivity index is 4.21. The summed E-state index contributed by atoms with van der Waals surface area (Å²) in [5, 5.41) is 0. The van der Waals surface area contributed by atoms with Crippen LogP contribution in [0.5, 0.6) is 0 Å². The van der Waals surface area contributed by atoms with E-state index in [0.29, 0.717) is 19.3 Å². The predicted octanol–water partition coefficient (Wildman–Crippen LogP) is 23.8. The highest BCUT2D eigenvalue weighted by Gasteiger charge is 2.19. The van der Waals surface area contributed by atoms with Gasteiger partial charge in [0.25, 0.3) is 0 Å². The van der Waals surface area contributed by atoms with Gasteiger partial charge in [0.2, 0.25) is 0 Å². The second-order valence-electron chi connectivity index (χ2n) is 24.2. The smallest absolute Gasteiger partial charge is 0.306 e. The molecule has 0 radical (unpaired) electrons. The van der Waals surface area contributed by atoms with Gasteiger partial charge in [-0.2, -0.15) is 0 Å². The molecule has 6 heteroatoms. The quantitative estimate of drug-likeness (QED) is 0.0343. The highest BCUT2D eigenvalue weighted by atomic mass is 16.6. The molecule has 0 aliphatic heterocycles. The van der Waals surface area contributed by atoms with E-state index in [1.54, 1.807) is 0 Å². The first kappa shape index (κ1) is 74.4. The largest absolute Gasteiger partial charge is 0.462 e. The molecule has 0 amide bonds. The molecule has 0 aliphatic rings. The summed E-state index contributed by atoms with van der Waals surface area (Å²) in [5.41, 5.74) is 0. The number of carbonyl (C=O) groups excluding carboxylic acids is 3. The first-order valence-corrected chi connectivity index (χ1v) is 35.0. The third-order valence-corrected chi connectivity index (χ3v) is 16.4. The van der Waals surface area contributed by atoms with Crippen molar-refractivity contribution in [2.24, 2.45) is 0 Å². The van der Waals surface area contributed by atoms with Crippen LogP contribution in [0.15, 0.2) is 0 Å². The van der Waals surface area contributed by atoms with Crippen LogP contribution in [-0.2, 0) is 28.6 Å². The number of hydrogen-bond donors (Lipinski definition) is 0. The number of hydrogen-bond acceptors (Lipinski definition) is 6. The average molecular weight is 1070 g/mol. The summed E-state index contributed by atoms with van der Waals surface area (Å²) < 4.78 is 17.0. The van der Waals surface area contributed by atoms with Crippen molar-refractivity contribution in [3.63, 3.8) is 0 Å². The van der Waals surface area contributed by atoms with Crippen LogP contribution in [0.1, 0.15) is 412 Å². The average Bonchev–Trinajstić information content (AvgIpc) is 3.42. The van der Waals surface area contributed by atoms with Gasteiger partial charge in [-0.3, -0.25) is 14.4 Å². The molecule has 0 saturated heterocycles. The minimum atomic E-state index is -0.763. The Labute approximate surface area is 476 Å². The van der Waals surface area contributed by atoms with Gasteiger partial charge in [0.15, 0.2) is 6.10 Å². The lowest BCUT2D eigenvalue weighted by molar-refractivity contribution is -0.167. The SMILES string of the molecule is CCCCCCCCCCCCCCCCCCCCCCCCCCCC(=O)OCC(COC(=O)CCCCCCCCCCCCCCCCCC)OC(=O)CCCCCCCCCCCCCCCCCCC. The van der Waals surface area contributed by atoms with Gasteiger partial charge in [0, 0.05) is 19.3 Å². The van der Waals surface area contributed by atoms with E-state index in [9.17, 15) is 14.4 Å². The van der Waals surface area contributed by atoms with Crippen molar-refractivity contribution < 1.29 is 28.6 Å². The molecule has 1 unspecified atom stereocenters. The van der Waals surface area contributed by atoms with Gasteiger partial charge in [-0.15, -0.1) is 0 Å². The molecule has 0 bridgehead atoms. The minimum Gasteiger partial charge on any atom is -0.462 e. The number of unbranched alkanes of at least 4 members (excludes halogenated alkanes) is 55. The Hall–Kier alpha value is -1.59. The third-order valence-electron chi connectivity index (χ3n) is 16.4. The molecular formula is C70H136O6. The summed E-state index contributed by atoms with van der Waals surface area (Å²) in [7, 11) is 0. The van der Waals surface area contributed by atoms with Crippen LogP contribution in [0.25, 0.3) is 0 Å². The summed E-state index contributed by atoms with van der Waals surface area (Å²) in [6, 6.07) is 0. The van der Waals surface area contributed by atoms with Crippen molar-refractivity contribution >= 4 is 17.9 Å². The third kappa shape index (κ3) is 63.2. The van der Waals surface area contributed by atoms with Crippen LogP contribution in [0.3, 0.4) is 0 Å². The van der Waals surface area contributed by atoms with E-state index >= 15 is 0 Å². The van der Waals surface area contributed by atoms with Crippen molar-refractivity contribution in [2.45, 2.75) is 419 Å². The Morgan fingerprint density at radius 3 is 0.526 bits per heavy atom. The fraction of sp³-hybridized carbons (Fsp3) is 0.957. The molecule has 76 heavy (non-hydrogen) atoms. The first-order chi connectivity index (χ1) is 37.5. The fourth-order valence-corrected chi connectivity index (χ4v) is 11.1. The Kier molecular flexibility index (Phi) is 64.5. The number of esters is 3. The molecule has 0 heterocycles. The van der Waals surface area contributed by atoms with E-state index in [1.807, 2.05) is 0 Å². The summed E-state index contributed by atoms with van der Waals surface area (Å²) in [4.78, 5) is 38.4. The summed E-state index contributed by atoms with van der Waals surface area (Å²) in [6.45, 7) is 6.75. The van der Waals surface area contributed by atoms with Crippen LogP contribution in [-0.4, -0.2) is 37.2 Å². The summed E-state index contributed by atoms with van der Waals surface area (Å²) in [5.74, 6) is -0.819. The van der Waals surface area contributed by atoms with E-state index < -0.39 is 6.10 Å². The zero-order valence-electron chi connectivity index (χ0n) is 52.1. The van der Waals surface area contributed by atoms with Gasteiger partial charge < -0.3 is 14.2 Å². The Morgan fingerprint density at radius 2 is 0.355 bits per heavy atom. The lowest BCUT2D eigenvalue weighted by Crippen LogP contribution is -2.30. The van der Waals surface area contributed by atoms with Crippen LogP contribution >= 0.6 is 0 Å². The molecule has 1 atom stereocenters. The minimum absolute atomic E-state index is 0.0601. The van der Waals surface area contributed by atoms with Crippen LogP contribution < -0.4 is 0 Å². The zero-order chi connectivity index (χ0) is 55.0. The van der Waals surface area contributed by atoms with Crippen molar-refractivity contribution in [3.8, 4) is 0 Å². The number of ether oxygens (including phenoxy) is 3. The van der Waals surface area contributed by atoms with Gasteiger partial charge in [-0.25, -0.2) is 0 Å². The topological polar surface area (TPSA) is 78.9 Å². The molecule has 0 fully saturated rings. The molecule has 0 aromatic heterocycles. The molecule has 0 aromatic rings. The maximum Gasteiger partial charge on any atom is 0.306 e. The van der Waals surface area contributed by atoms with Crippen LogP contribution in [0.2, 0.25) is 0 Å². The molecule has 0 saturated carbocycles. The van der Waals surface area contributed by atoms with E-state index in [-0.39, 0.29) is 31.1 Å². The molecule has 0 aromatic carbocycles. The standard InChI is InChI=1S/C70H136O6/c1-4-7-10-13-16-19-22-25-28-31-32-33-34-35-36-37-38-40-42-45-48-51-54-57-60-63-69(72)75-66-67(65-74-68(71)62-59-56-53-50-47-44-41-30-27-24-21-18-15-12-9-6-3)76-70(73)64-61-58-55-52-49-46-43-39-29-26-23-20-17-14-11-8-5-2/h67H,4-66H2,1-3H3. The highest BCUT2D eigenvalue weighted by Crippen LogP contribution is 2.19. The zero-order valence-corrected chi connectivity index (χ0v) is 52.1. The van der Waals surface area contributed by atoms with Crippen molar-refractivity contribution in [1.82, 2.24) is 0 Å². The molecular weight excluding hydrogens is 937 g/mol.